The van der Waals surface area contributed by atoms with Gasteiger partial charge in [-0.05, 0) is 32.1 Å². The standard InChI is InChI=1S/C47H88NO9P/c1-3-5-7-9-11-12-13-14-15-16-17-18-19-20-21-22-23-24-26-30-34-38-46(50)54-42-45(43-56-58(52,53)55-41-40-48)57-47(51)39-35-31-27-29-33-37-44(49)36-32-28-25-10-8-6-4-2/h6,8,25,28,32,36,44-45,49H,3-5,7,9-24,26-27,29-31,33-35,37-43,48H2,1-2H3,(H,52,53)/b8-6+,28-25+,36-32+/t44?,45-/m1/s1. The van der Waals surface area contributed by atoms with Crippen LogP contribution in [0.3, 0.4) is 0 Å². The Kier molecular flexibility index (Phi) is 41.9. The van der Waals surface area contributed by atoms with Gasteiger partial charge in [-0.15, -0.1) is 0 Å². The van der Waals surface area contributed by atoms with E-state index in [4.69, 9.17) is 24.3 Å². The molecule has 0 aliphatic heterocycles. The average molecular weight is 842 g/mol. The highest BCUT2D eigenvalue weighted by Gasteiger charge is 2.26. The lowest BCUT2D eigenvalue weighted by Gasteiger charge is -2.19. The summed E-state index contributed by atoms with van der Waals surface area (Å²) < 4.78 is 32.8. The Morgan fingerprint density at radius 3 is 1.59 bits per heavy atom. The number of rotatable bonds is 44. The molecule has 0 aliphatic rings. The minimum absolute atomic E-state index is 0.0378. The molecule has 0 amide bonds. The molecule has 0 bridgehead atoms. The number of hydrogen-bond acceptors (Lipinski definition) is 9. The molecule has 0 spiro atoms. The summed E-state index contributed by atoms with van der Waals surface area (Å²) in [5, 5.41) is 10.1. The van der Waals surface area contributed by atoms with Crippen molar-refractivity contribution in [2.24, 2.45) is 5.73 Å². The number of allylic oxidation sites excluding steroid dienone is 5. The number of phosphoric acid groups is 1. The van der Waals surface area contributed by atoms with Crippen molar-refractivity contribution in [3.63, 3.8) is 0 Å². The van der Waals surface area contributed by atoms with Gasteiger partial charge in [0.15, 0.2) is 6.10 Å². The maximum absolute atomic E-state index is 12.6. The zero-order valence-corrected chi connectivity index (χ0v) is 38.0. The van der Waals surface area contributed by atoms with Crippen molar-refractivity contribution in [2.45, 2.75) is 225 Å². The van der Waals surface area contributed by atoms with Crippen molar-refractivity contribution in [3.05, 3.63) is 36.5 Å². The molecule has 0 fully saturated rings. The van der Waals surface area contributed by atoms with E-state index in [2.05, 4.69) is 32.1 Å². The van der Waals surface area contributed by atoms with Crippen LogP contribution in [0.25, 0.3) is 0 Å². The quantitative estimate of drug-likeness (QED) is 0.0177. The summed E-state index contributed by atoms with van der Waals surface area (Å²) in [5.74, 6) is -0.897. The minimum Gasteiger partial charge on any atom is -0.462 e. The molecule has 2 unspecified atom stereocenters. The second-order valence-electron chi connectivity index (χ2n) is 15.8. The lowest BCUT2D eigenvalue weighted by atomic mass is 10.0. The molecule has 3 atom stereocenters. The van der Waals surface area contributed by atoms with E-state index >= 15 is 0 Å². The lowest BCUT2D eigenvalue weighted by Crippen LogP contribution is -2.29. The molecule has 0 heterocycles. The first-order chi connectivity index (χ1) is 28.2. The first-order valence-corrected chi connectivity index (χ1v) is 25.1. The van der Waals surface area contributed by atoms with Crippen molar-refractivity contribution in [3.8, 4) is 0 Å². The normalized spacial score (nSPS) is 14.1. The monoisotopic (exact) mass is 842 g/mol. The van der Waals surface area contributed by atoms with E-state index in [1.165, 1.54) is 116 Å². The zero-order chi connectivity index (χ0) is 42.6. The summed E-state index contributed by atoms with van der Waals surface area (Å²) >= 11 is 0. The molecule has 0 aromatic carbocycles. The number of aliphatic hydroxyl groups excluding tert-OH is 1. The van der Waals surface area contributed by atoms with Crippen LogP contribution in [0.5, 0.6) is 0 Å². The number of ether oxygens (including phenoxy) is 2. The third-order valence-electron chi connectivity index (χ3n) is 10.1. The third-order valence-corrected chi connectivity index (χ3v) is 11.1. The van der Waals surface area contributed by atoms with Crippen molar-refractivity contribution in [1.29, 1.82) is 0 Å². The summed E-state index contributed by atoms with van der Waals surface area (Å²) in [6, 6.07) is 0. The Labute approximate surface area is 355 Å². The van der Waals surface area contributed by atoms with Crippen molar-refractivity contribution in [2.75, 3.05) is 26.4 Å². The molecule has 0 rings (SSSR count). The lowest BCUT2D eigenvalue weighted by molar-refractivity contribution is -0.161. The first kappa shape index (κ1) is 56.2. The van der Waals surface area contributed by atoms with E-state index in [1.54, 1.807) is 6.08 Å². The van der Waals surface area contributed by atoms with Gasteiger partial charge >= 0.3 is 19.8 Å². The fourth-order valence-electron chi connectivity index (χ4n) is 6.64. The van der Waals surface area contributed by atoms with Crippen LogP contribution in [-0.2, 0) is 32.7 Å². The van der Waals surface area contributed by atoms with E-state index in [0.717, 1.165) is 57.8 Å². The van der Waals surface area contributed by atoms with Gasteiger partial charge in [0.1, 0.15) is 6.61 Å². The summed E-state index contributed by atoms with van der Waals surface area (Å²) in [7, 11) is -4.40. The molecular weight excluding hydrogens is 753 g/mol. The van der Waals surface area contributed by atoms with Gasteiger partial charge in [0, 0.05) is 19.4 Å². The SMILES string of the molecule is CC/C=C/C/C=C/C=C/C(O)CCCCCCCC(=O)O[C@H](COC(=O)CCCCCCCCCCCCCCCCCCCCCCC)COP(=O)(O)OCCN. The fourth-order valence-corrected chi connectivity index (χ4v) is 7.41. The average Bonchev–Trinajstić information content (AvgIpc) is 3.21. The topological polar surface area (TPSA) is 155 Å². The van der Waals surface area contributed by atoms with Crippen LogP contribution in [0.15, 0.2) is 36.5 Å². The summed E-state index contributed by atoms with van der Waals surface area (Å²) in [6.07, 6.45) is 44.9. The largest absolute Gasteiger partial charge is 0.472 e. The number of aliphatic hydroxyl groups is 1. The molecule has 11 heteroatoms. The van der Waals surface area contributed by atoms with Crippen LogP contribution >= 0.6 is 7.82 Å². The number of nitrogens with two attached hydrogens (primary N) is 1. The zero-order valence-electron chi connectivity index (χ0n) is 37.1. The van der Waals surface area contributed by atoms with Gasteiger partial charge in [-0.3, -0.25) is 18.6 Å². The van der Waals surface area contributed by atoms with Crippen LogP contribution in [0, 0.1) is 0 Å². The van der Waals surface area contributed by atoms with Gasteiger partial charge in [0.05, 0.1) is 19.3 Å². The van der Waals surface area contributed by atoms with E-state index in [1.807, 2.05) is 12.2 Å². The number of esters is 2. The van der Waals surface area contributed by atoms with E-state index in [9.17, 15) is 24.2 Å². The van der Waals surface area contributed by atoms with Crippen LogP contribution in [0.2, 0.25) is 0 Å². The Morgan fingerprint density at radius 1 is 0.603 bits per heavy atom. The third kappa shape index (κ3) is 42.3. The Balaban J connectivity index is 4.11. The molecule has 0 aliphatic carbocycles. The highest BCUT2D eigenvalue weighted by molar-refractivity contribution is 7.47. The van der Waals surface area contributed by atoms with Gasteiger partial charge < -0.3 is 25.2 Å². The maximum atomic E-state index is 12.6. The van der Waals surface area contributed by atoms with E-state index < -0.39 is 38.6 Å². The summed E-state index contributed by atoms with van der Waals surface area (Å²) in [6.45, 7) is 3.51. The number of carbonyl (C=O) groups is 2. The van der Waals surface area contributed by atoms with Crippen LogP contribution < -0.4 is 5.73 Å². The number of carbonyl (C=O) groups excluding carboxylic acids is 2. The fraction of sp³-hybridized carbons (Fsp3) is 0.830. The Hall–Kier alpha value is -1.81. The van der Waals surface area contributed by atoms with Crippen LogP contribution in [-0.4, -0.2) is 60.5 Å². The van der Waals surface area contributed by atoms with Gasteiger partial charge in [0.2, 0.25) is 0 Å². The molecule has 0 saturated heterocycles. The first-order valence-electron chi connectivity index (χ1n) is 23.6. The number of unbranched alkanes of at least 4 members (excludes halogenated alkanes) is 24. The number of phosphoric ester groups is 1. The molecular formula is C47H88NO9P. The van der Waals surface area contributed by atoms with Crippen LogP contribution in [0.4, 0.5) is 0 Å². The predicted molar refractivity (Wildman–Crippen MR) is 240 cm³/mol. The Bertz CT molecular complexity index is 1070. The minimum atomic E-state index is -4.40. The maximum Gasteiger partial charge on any atom is 0.472 e. The number of hydrogen-bond donors (Lipinski definition) is 3. The predicted octanol–water partition coefficient (Wildman–Crippen LogP) is 12.7. The molecule has 0 saturated carbocycles. The smallest absolute Gasteiger partial charge is 0.462 e. The molecule has 340 valence electrons. The van der Waals surface area contributed by atoms with Crippen molar-refractivity contribution in [1.82, 2.24) is 0 Å². The molecule has 10 nitrogen and oxygen atoms in total. The summed E-state index contributed by atoms with van der Waals surface area (Å²) in [4.78, 5) is 34.9. The molecule has 4 N–H and O–H groups in total. The molecule has 58 heavy (non-hydrogen) atoms. The van der Waals surface area contributed by atoms with Gasteiger partial charge in [-0.1, -0.05) is 204 Å². The van der Waals surface area contributed by atoms with Crippen molar-refractivity contribution >= 4 is 19.8 Å². The second-order valence-corrected chi connectivity index (χ2v) is 17.3. The summed E-state index contributed by atoms with van der Waals surface area (Å²) in [5.41, 5.74) is 5.35. The van der Waals surface area contributed by atoms with Gasteiger partial charge in [-0.25, -0.2) is 4.57 Å². The second kappa shape index (κ2) is 43.3. The molecule has 0 aromatic rings. The van der Waals surface area contributed by atoms with Gasteiger partial charge in [0.25, 0.3) is 0 Å². The Morgan fingerprint density at radius 2 is 1.09 bits per heavy atom. The highest BCUT2D eigenvalue weighted by Crippen LogP contribution is 2.43. The van der Waals surface area contributed by atoms with Crippen molar-refractivity contribution < 1.29 is 42.7 Å². The highest BCUT2D eigenvalue weighted by atomic mass is 31.2. The molecule has 0 aromatic heterocycles. The molecule has 0 radical (unpaired) electrons. The van der Waals surface area contributed by atoms with Crippen LogP contribution in [0.1, 0.15) is 213 Å². The van der Waals surface area contributed by atoms with Gasteiger partial charge in [-0.2, -0.15) is 0 Å². The van der Waals surface area contributed by atoms with E-state index in [-0.39, 0.29) is 32.6 Å². The van der Waals surface area contributed by atoms with E-state index in [0.29, 0.717) is 12.8 Å².